The van der Waals surface area contributed by atoms with Crippen LogP contribution in [0.1, 0.15) is 13.3 Å². The third-order valence-electron chi connectivity index (χ3n) is 2.10. The quantitative estimate of drug-likeness (QED) is 0.205. The molecule has 0 spiro atoms. The Balaban J connectivity index is 2.41. The molecule has 1 aliphatic heterocycles. The molecule has 7 heteroatoms. The van der Waals surface area contributed by atoms with Crippen LogP contribution in [0.4, 0.5) is 0 Å². The highest BCUT2D eigenvalue weighted by molar-refractivity contribution is 7.75. The van der Waals surface area contributed by atoms with Gasteiger partial charge in [-0.1, -0.05) is 0 Å². The van der Waals surface area contributed by atoms with Crippen molar-refractivity contribution in [3.8, 4) is 0 Å². The van der Waals surface area contributed by atoms with Crippen molar-refractivity contribution in [1.82, 2.24) is 10.4 Å². The van der Waals surface area contributed by atoms with Crippen LogP contribution < -0.4 is 5.48 Å². The number of thiol groups is 1. The van der Waals surface area contributed by atoms with Crippen molar-refractivity contribution in [3.05, 3.63) is 0 Å². The number of rotatable bonds is 7. The van der Waals surface area contributed by atoms with E-state index in [1.165, 1.54) is 0 Å². The zero-order valence-electron chi connectivity index (χ0n) is 9.39. The summed E-state index contributed by atoms with van der Waals surface area (Å²) in [6.07, 6.45) is 0.0610. The van der Waals surface area contributed by atoms with Gasteiger partial charge < -0.3 is 4.74 Å². The van der Waals surface area contributed by atoms with Gasteiger partial charge in [0.05, 0.1) is 19.6 Å². The van der Waals surface area contributed by atoms with Crippen LogP contribution in [0.3, 0.4) is 0 Å². The summed E-state index contributed by atoms with van der Waals surface area (Å²) in [6.45, 7) is 3.00. The first-order valence-corrected chi connectivity index (χ1v) is 5.00. The first kappa shape index (κ1) is 10.9. The molecule has 2 amide bonds. The maximum absolute atomic E-state index is 11.7. The largest absolute Gasteiger partial charge is 0.380 e. The van der Waals surface area contributed by atoms with Gasteiger partial charge in [-0.25, -0.2) is 4.28 Å². The zero-order chi connectivity index (χ0) is 12.0. The second kappa shape index (κ2) is 6.06. The summed E-state index contributed by atoms with van der Waals surface area (Å²) < 4.78 is 16.3. The van der Waals surface area contributed by atoms with Gasteiger partial charge in [-0.3, -0.25) is 14.5 Å². The normalized spacial score (nSPS) is 22.3. The monoisotopic (exact) mass is 236 g/mol. The highest BCUT2D eigenvalue weighted by Gasteiger charge is 2.38. The van der Waals surface area contributed by atoms with Crippen molar-refractivity contribution >= 4 is 24.6 Å². The van der Waals surface area contributed by atoms with Gasteiger partial charge in [0, 0.05) is 6.61 Å². The highest BCUT2D eigenvalue weighted by atomic mass is 32.1. The van der Waals surface area contributed by atoms with Gasteiger partial charge in [0.1, 0.15) is 7.17 Å². The van der Waals surface area contributed by atoms with Gasteiger partial charge in [0.25, 0.3) is 0 Å². The molecule has 0 radical (unpaired) electrons. The lowest BCUT2D eigenvalue weighted by Gasteiger charge is -2.14. The van der Waals surface area contributed by atoms with E-state index in [0.717, 1.165) is 4.90 Å². The van der Waals surface area contributed by atoms with E-state index < -0.39 is 6.04 Å². The SMILES string of the molecule is [3H]SONC1CC(=O)N(CCOCC)C1=O. The van der Waals surface area contributed by atoms with Crippen LogP contribution in [0.5, 0.6) is 0 Å². The van der Waals surface area contributed by atoms with Crippen molar-refractivity contribution in [2.75, 3.05) is 19.8 Å². The number of hydrogen-bond acceptors (Lipinski definition) is 6. The van der Waals surface area contributed by atoms with E-state index in [1.807, 2.05) is 6.92 Å². The Bertz CT molecular complexity index is 266. The molecular weight excluding hydrogens is 220 g/mol. The number of hydrogen-bond donors (Lipinski definition) is 2. The smallest absolute Gasteiger partial charge is 0.249 e. The molecule has 1 unspecified atom stereocenters. The van der Waals surface area contributed by atoms with Crippen LogP contribution in [-0.2, 0) is 18.6 Å². The van der Waals surface area contributed by atoms with Gasteiger partial charge >= 0.3 is 0 Å². The first-order valence-electron chi connectivity index (χ1n) is 5.07. The van der Waals surface area contributed by atoms with Crippen molar-refractivity contribution < 1.29 is 18.6 Å². The minimum Gasteiger partial charge on any atom is -0.380 e. The number of nitrogens with one attached hydrogen (secondary N) is 1. The summed E-state index contributed by atoms with van der Waals surface area (Å²) in [5.41, 5.74) is 2.35. The lowest BCUT2D eigenvalue weighted by Crippen LogP contribution is -2.39. The molecule has 1 heterocycles. The number of nitrogens with zero attached hydrogens (tertiary/aromatic N) is 1. The second-order valence-corrected chi connectivity index (χ2v) is 3.21. The third kappa shape index (κ3) is 3.16. The van der Waals surface area contributed by atoms with Crippen LogP contribution in [-0.4, -0.2) is 43.6 Å². The van der Waals surface area contributed by atoms with E-state index in [4.69, 9.17) is 5.86 Å². The van der Waals surface area contributed by atoms with Crippen LogP contribution in [0.2, 0.25) is 0 Å². The lowest BCUT2D eigenvalue weighted by atomic mass is 10.3. The number of ether oxygens (including phenoxy) is 1. The lowest BCUT2D eigenvalue weighted by molar-refractivity contribution is -0.140. The molecule has 1 saturated heterocycles. The number of carbonyl (C=O) groups is 2. The number of hydroxylamine groups is 1. The average Bonchev–Trinajstić information content (AvgIpc) is 2.54. The van der Waals surface area contributed by atoms with Crippen LogP contribution in [0, 0.1) is 0 Å². The van der Waals surface area contributed by atoms with Crippen molar-refractivity contribution in [2.45, 2.75) is 19.4 Å². The van der Waals surface area contributed by atoms with Gasteiger partial charge in [-0.05, 0) is 19.7 Å². The Labute approximate surface area is 94.6 Å². The minimum atomic E-state index is -0.688. The standard InChI is InChI=1S/C8H14N2O4S/c1-2-13-4-3-10-7(11)5-6(8(10)12)9-14-15/h6,9,15H,2-5H2,1H3/i/hT. The molecule has 0 aromatic carbocycles. The summed E-state index contributed by atoms with van der Waals surface area (Å²) in [7, 11) is 0. The fourth-order valence-corrected chi connectivity index (χ4v) is 1.48. The van der Waals surface area contributed by atoms with E-state index in [1.54, 1.807) is 0 Å². The zero-order valence-corrected chi connectivity index (χ0v) is 9.21. The number of amides is 2. The Morgan fingerprint density at radius 2 is 2.53 bits per heavy atom. The summed E-state index contributed by atoms with van der Waals surface area (Å²) in [6, 6.07) is -0.688. The molecule has 15 heavy (non-hydrogen) atoms. The van der Waals surface area contributed by atoms with Crippen molar-refractivity contribution in [3.63, 3.8) is 0 Å². The predicted molar refractivity (Wildman–Crippen MR) is 54.8 cm³/mol. The van der Waals surface area contributed by atoms with Gasteiger partial charge in [-0.2, -0.15) is 5.48 Å². The van der Waals surface area contributed by atoms with E-state index in [0.29, 0.717) is 26.0 Å². The van der Waals surface area contributed by atoms with Crippen LogP contribution >= 0.6 is 12.8 Å². The van der Waals surface area contributed by atoms with Crippen LogP contribution in [0.25, 0.3) is 0 Å². The molecular formula is C8H14N2O4S. The molecule has 1 N–H and O–H groups in total. The summed E-state index contributed by atoms with van der Waals surface area (Å²) in [5, 5.41) is 0. The number of imide groups is 1. The summed E-state index contributed by atoms with van der Waals surface area (Å²) in [4.78, 5) is 24.2. The Kier molecular flexibility index (Phi) is 4.39. The van der Waals surface area contributed by atoms with E-state index in [2.05, 4.69) is 9.76 Å². The molecule has 0 saturated carbocycles. The average molecular weight is 236 g/mol. The van der Waals surface area contributed by atoms with Crippen molar-refractivity contribution in [2.24, 2.45) is 0 Å². The first-order chi connectivity index (χ1) is 7.70. The van der Waals surface area contributed by atoms with Gasteiger partial charge in [-0.15, -0.1) is 0 Å². The van der Waals surface area contributed by atoms with Crippen molar-refractivity contribution in [1.29, 1.82) is 1.12 Å². The molecule has 0 aromatic rings. The number of carbonyl (C=O) groups excluding carboxylic acids is 2. The second-order valence-electron chi connectivity index (χ2n) is 3.04. The Morgan fingerprint density at radius 3 is 3.20 bits per heavy atom. The fraction of sp³-hybridized carbons (Fsp3) is 0.750. The maximum atomic E-state index is 11.7. The van der Waals surface area contributed by atoms with E-state index >= 15 is 0 Å². The molecule has 0 aliphatic carbocycles. The molecule has 1 fully saturated rings. The van der Waals surface area contributed by atoms with Gasteiger partial charge in [0.15, 0.2) is 0 Å². The summed E-state index contributed by atoms with van der Waals surface area (Å²) in [5.74, 6) is -0.584. The van der Waals surface area contributed by atoms with E-state index in [-0.39, 0.29) is 24.8 Å². The topological polar surface area (TPSA) is 67.9 Å². The maximum Gasteiger partial charge on any atom is 0.249 e. The molecule has 86 valence electrons. The minimum absolute atomic E-state index is 0.0610. The highest BCUT2D eigenvalue weighted by Crippen LogP contribution is 2.12. The predicted octanol–water partition coefficient (Wildman–Crippen LogP) is -0.484. The Hall–Kier alpha value is -0.630. The summed E-state index contributed by atoms with van der Waals surface area (Å²) >= 11 is 0.347. The van der Waals surface area contributed by atoms with E-state index in [9.17, 15) is 9.59 Å². The Morgan fingerprint density at radius 1 is 1.73 bits per heavy atom. The molecule has 0 bridgehead atoms. The molecule has 6 nitrogen and oxygen atoms in total. The molecule has 1 aliphatic rings. The third-order valence-corrected chi connectivity index (χ3v) is 2.19. The van der Waals surface area contributed by atoms with Gasteiger partial charge in [0.2, 0.25) is 11.8 Å². The molecule has 0 aromatic heterocycles. The molecule has 1 atom stereocenters. The number of likely N-dealkylation sites (tertiary alicyclic amines) is 1. The molecule has 1 rings (SSSR count). The van der Waals surface area contributed by atoms with Crippen LogP contribution in [0.15, 0.2) is 0 Å². The fourth-order valence-electron chi connectivity index (χ4n) is 1.37.